The number of nitrogens with one attached hydrogen (secondary N) is 2. The Morgan fingerprint density at radius 1 is 1.20 bits per heavy atom. The zero-order valence-electron chi connectivity index (χ0n) is 18.2. The molecule has 0 spiro atoms. The van der Waals surface area contributed by atoms with E-state index in [9.17, 15) is 4.79 Å². The molecule has 2 aromatic rings. The smallest absolute Gasteiger partial charge is 0.252 e. The first kappa shape index (κ1) is 19.8. The maximum absolute atomic E-state index is 13.2. The monoisotopic (exact) mass is 403 g/mol. The van der Waals surface area contributed by atoms with Gasteiger partial charge in [0, 0.05) is 30.7 Å². The first-order valence-corrected chi connectivity index (χ1v) is 11.6. The molecule has 4 atom stereocenters. The van der Waals surface area contributed by atoms with Crippen molar-refractivity contribution in [3.8, 4) is 0 Å². The molecular weight excluding hydrogens is 370 g/mol. The molecule has 3 aliphatic rings. The van der Waals surface area contributed by atoms with Crippen LogP contribution >= 0.6 is 0 Å². The van der Waals surface area contributed by atoms with E-state index in [1.54, 1.807) is 0 Å². The highest BCUT2D eigenvalue weighted by molar-refractivity contribution is 5.96. The molecule has 0 saturated carbocycles. The molecule has 2 N–H and O–H groups in total. The highest BCUT2D eigenvalue weighted by atomic mass is 16.1. The van der Waals surface area contributed by atoms with Crippen molar-refractivity contribution in [1.82, 2.24) is 15.5 Å². The Hall–Kier alpha value is -2.17. The van der Waals surface area contributed by atoms with Gasteiger partial charge in [0.25, 0.3) is 5.91 Å². The molecular formula is C26H33N3O. The van der Waals surface area contributed by atoms with Crippen molar-refractivity contribution in [2.24, 2.45) is 5.92 Å². The fourth-order valence-electron chi connectivity index (χ4n) is 5.96. The molecule has 1 amide bonds. The van der Waals surface area contributed by atoms with Crippen LogP contribution in [0.25, 0.3) is 0 Å². The Balaban J connectivity index is 1.41. The lowest BCUT2D eigenvalue weighted by molar-refractivity contribution is 0.0548. The normalized spacial score (nSPS) is 26.8. The molecule has 0 aromatic heterocycles. The molecule has 3 aliphatic heterocycles. The van der Waals surface area contributed by atoms with Crippen molar-refractivity contribution in [3.05, 3.63) is 70.3 Å². The van der Waals surface area contributed by atoms with E-state index in [0.717, 1.165) is 36.6 Å². The number of hydrogen-bond acceptors (Lipinski definition) is 3. The average molecular weight is 404 g/mol. The standard InChI is InChI=1S/C26H33N3O/c1-17-22(26(30)28-18(2)19-7-4-3-5-8-19)11-10-20-12-14-29-16-21-9-6-13-27-23(21)15-24(29)25(17)20/h3-5,7-8,10-11,18,21,23-24,27H,6,9,12-16H2,1-2H3,(H,28,30)/t18-,21-,23+,24+/m1/s1. The lowest BCUT2D eigenvalue weighted by atomic mass is 9.76. The van der Waals surface area contributed by atoms with Gasteiger partial charge in [-0.15, -0.1) is 0 Å². The summed E-state index contributed by atoms with van der Waals surface area (Å²) in [5.41, 5.74) is 6.00. The quantitative estimate of drug-likeness (QED) is 0.809. The number of benzene rings is 2. The molecule has 2 saturated heterocycles. The van der Waals surface area contributed by atoms with Crippen LogP contribution < -0.4 is 10.6 Å². The summed E-state index contributed by atoms with van der Waals surface area (Å²) < 4.78 is 0. The Morgan fingerprint density at radius 2 is 2.03 bits per heavy atom. The van der Waals surface area contributed by atoms with Gasteiger partial charge >= 0.3 is 0 Å². The third-order valence-electron chi connectivity index (χ3n) is 7.61. The Labute approximate surface area is 180 Å². The predicted octanol–water partition coefficient (Wildman–Crippen LogP) is 4.16. The number of carbonyl (C=O) groups excluding carboxylic acids is 1. The van der Waals surface area contributed by atoms with Gasteiger partial charge in [-0.3, -0.25) is 9.69 Å². The first-order valence-electron chi connectivity index (χ1n) is 11.6. The molecule has 3 heterocycles. The maximum atomic E-state index is 13.2. The second-order valence-electron chi connectivity index (χ2n) is 9.38. The minimum atomic E-state index is -0.00694. The highest BCUT2D eigenvalue weighted by Gasteiger charge is 2.40. The van der Waals surface area contributed by atoms with E-state index in [2.05, 4.69) is 47.6 Å². The SMILES string of the molecule is Cc1c(C(=O)N[C@H](C)c2ccccc2)ccc2c1[C@@H]1C[C@@H]3NCCC[C@@H]3CN1CC2. The molecule has 0 bridgehead atoms. The molecule has 2 aromatic carbocycles. The van der Waals surface area contributed by atoms with Gasteiger partial charge in [-0.25, -0.2) is 0 Å². The van der Waals surface area contributed by atoms with Crippen LogP contribution in [0, 0.1) is 12.8 Å². The van der Waals surface area contributed by atoms with Crippen molar-refractivity contribution in [2.75, 3.05) is 19.6 Å². The van der Waals surface area contributed by atoms with Gasteiger partial charge in [-0.05, 0) is 80.3 Å². The Bertz CT molecular complexity index is 925. The van der Waals surface area contributed by atoms with Crippen LogP contribution in [0.1, 0.15) is 70.9 Å². The van der Waals surface area contributed by atoms with Crippen molar-refractivity contribution in [3.63, 3.8) is 0 Å². The largest absolute Gasteiger partial charge is 0.346 e. The highest BCUT2D eigenvalue weighted by Crippen LogP contribution is 2.42. The molecule has 4 heteroatoms. The molecule has 0 unspecified atom stereocenters. The van der Waals surface area contributed by atoms with Crippen LogP contribution in [-0.4, -0.2) is 36.5 Å². The fraction of sp³-hybridized carbons (Fsp3) is 0.500. The molecule has 30 heavy (non-hydrogen) atoms. The van der Waals surface area contributed by atoms with E-state index in [-0.39, 0.29) is 11.9 Å². The van der Waals surface area contributed by atoms with Gasteiger partial charge in [0.2, 0.25) is 0 Å². The van der Waals surface area contributed by atoms with E-state index >= 15 is 0 Å². The van der Waals surface area contributed by atoms with Crippen LogP contribution in [0.15, 0.2) is 42.5 Å². The van der Waals surface area contributed by atoms with Gasteiger partial charge in [-0.1, -0.05) is 36.4 Å². The summed E-state index contributed by atoms with van der Waals surface area (Å²) in [5, 5.41) is 6.99. The predicted molar refractivity (Wildman–Crippen MR) is 121 cm³/mol. The summed E-state index contributed by atoms with van der Waals surface area (Å²) in [5.74, 6) is 0.823. The minimum Gasteiger partial charge on any atom is -0.346 e. The summed E-state index contributed by atoms with van der Waals surface area (Å²) in [6, 6.07) is 15.5. The third-order valence-corrected chi connectivity index (χ3v) is 7.61. The maximum Gasteiger partial charge on any atom is 0.252 e. The van der Waals surface area contributed by atoms with Gasteiger partial charge < -0.3 is 10.6 Å². The molecule has 0 aliphatic carbocycles. The van der Waals surface area contributed by atoms with Crippen molar-refractivity contribution in [2.45, 2.75) is 57.7 Å². The summed E-state index contributed by atoms with van der Waals surface area (Å²) in [6.07, 6.45) is 4.93. The van der Waals surface area contributed by atoms with Crippen LogP contribution in [0.4, 0.5) is 0 Å². The number of rotatable bonds is 3. The fourth-order valence-corrected chi connectivity index (χ4v) is 5.96. The topological polar surface area (TPSA) is 44.4 Å². The summed E-state index contributed by atoms with van der Waals surface area (Å²) in [7, 11) is 0. The van der Waals surface area contributed by atoms with E-state index < -0.39 is 0 Å². The minimum absolute atomic E-state index is 0.00694. The van der Waals surface area contributed by atoms with Gasteiger partial charge in [0.05, 0.1) is 6.04 Å². The summed E-state index contributed by atoms with van der Waals surface area (Å²) in [4.78, 5) is 15.9. The molecule has 0 radical (unpaired) electrons. The van der Waals surface area contributed by atoms with Crippen molar-refractivity contribution < 1.29 is 4.79 Å². The number of hydrogen-bond donors (Lipinski definition) is 2. The summed E-state index contributed by atoms with van der Waals surface area (Å²) in [6.45, 7) is 7.71. The van der Waals surface area contributed by atoms with Gasteiger partial charge in [-0.2, -0.15) is 0 Å². The summed E-state index contributed by atoms with van der Waals surface area (Å²) >= 11 is 0. The third kappa shape index (κ3) is 3.57. The molecule has 5 rings (SSSR count). The number of piperidine rings is 2. The van der Waals surface area contributed by atoms with Crippen LogP contribution in [-0.2, 0) is 6.42 Å². The number of fused-ring (bicyclic) bond motifs is 4. The van der Waals surface area contributed by atoms with Gasteiger partial charge in [0.15, 0.2) is 0 Å². The van der Waals surface area contributed by atoms with Crippen LogP contribution in [0.2, 0.25) is 0 Å². The first-order chi connectivity index (χ1) is 14.6. The Kier molecular flexibility index (Phi) is 5.38. The van der Waals surface area contributed by atoms with Crippen LogP contribution in [0.3, 0.4) is 0 Å². The number of carbonyl (C=O) groups is 1. The number of amides is 1. The molecule has 4 nitrogen and oxygen atoms in total. The van der Waals surface area contributed by atoms with Crippen molar-refractivity contribution in [1.29, 1.82) is 0 Å². The zero-order valence-corrected chi connectivity index (χ0v) is 18.2. The van der Waals surface area contributed by atoms with Gasteiger partial charge in [0.1, 0.15) is 0 Å². The second-order valence-corrected chi connectivity index (χ2v) is 9.38. The average Bonchev–Trinajstić information content (AvgIpc) is 2.78. The van der Waals surface area contributed by atoms with E-state index in [4.69, 9.17) is 0 Å². The second kappa shape index (κ2) is 8.16. The Morgan fingerprint density at radius 3 is 2.87 bits per heavy atom. The van der Waals surface area contributed by atoms with E-state index in [1.807, 2.05) is 24.3 Å². The zero-order chi connectivity index (χ0) is 20.7. The number of nitrogens with zero attached hydrogens (tertiary/aromatic N) is 1. The lowest BCUT2D eigenvalue weighted by Crippen LogP contribution is -2.54. The van der Waals surface area contributed by atoms with E-state index in [1.165, 1.54) is 42.5 Å². The van der Waals surface area contributed by atoms with E-state index in [0.29, 0.717) is 12.1 Å². The lowest BCUT2D eigenvalue weighted by Gasteiger charge is -2.49. The molecule has 2 fully saturated rings. The van der Waals surface area contributed by atoms with Crippen molar-refractivity contribution >= 4 is 5.91 Å². The molecule has 158 valence electrons. The van der Waals surface area contributed by atoms with Crippen LogP contribution in [0.5, 0.6) is 0 Å².